The molecule has 0 unspecified atom stereocenters. The molecule has 0 aliphatic carbocycles. The first-order valence-corrected chi connectivity index (χ1v) is 23.3. The summed E-state index contributed by atoms with van der Waals surface area (Å²) < 4.78 is 30.6. The highest BCUT2D eigenvalue weighted by Gasteiger charge is 2.44. The van der Waals surface area contributed by atoms with Gasteiger partial charge in [-0.3, -0.25) is 24.1 Å². The highest BCUT2D eigenvalue weighted by atomic mass is 16.7. The van der Waals surface area contributed by atoms with E-state index in [1.165, 1.54) is 59.3 Å². The minimum atomic E-state index is -1.98. The standard InChI is InChI=1S/C51H64N4O13/c1-12-26(4)54-17-19-55(20-18-54)32-22-33(57)39-35(23-32)67-48-40(52-39)36-37-44(60)30(8)47-38(36)49(62)51(10,68-47)65-21-16-34(64-11)27(5)46(66-31(9)56)29(7)43(59)28(6)42(58)24(2)14-13-15-25(3)50(63)53-41(48)45(37)61/h13-16,21-24,26-29,34,42-43,46,58-60,62H,12,17-20H2,1-11H3,(H,53,63)/b14-13+,21-16-,25-15+/t24-,26-,27+,28+,29+,34-,42-,43+,46+,51-/m0/s1. The Morgan fingerprint density at radius 2 is 1.66 bits per heavy atom. The second-order valence-electron chi connectivity index (χ2n) is 18.8. The number of phenolic OH excluding ortho intramolecular Hbond substituents is 1. The Morgan fingerprint density at radius 3 is 2.31 bits per heavy atom. The number of nitrogens with zero attached hydrogens (tertiary/aromatic N) is 3. The monoisotopic (exact) mass is 940 g/mol. The molecule has 4 heterocycles. The SMILES string of the molecule is CC[C@H](C)N1CCN(c2cc(=O)c3nc4c(oc3c2)c2c(=O)c3c(O)c(C)c5c(c34)=C(O)[C@@](C)(O/C=C\[C@H](OC)[C@@H](C)[C@@H](OC(C)=O)[C@H](C)[C@H](O)[C@H](C)[C@@H](O)[C@@H](C)/C=C/C=C(\C)C(=O)N2)O5)CC1. The Bertz CT molecular complexity index is 2900. The largest absolute Gasteiger partial charge is 0.507 e. The zero-order valence-corrected chi connectivity index (χ0v) is 40.6. The van der Waals surface area contributed by atoms with Gasteiger partial charge in [-0.2, -0.15) is 0 Å². The molecule has 4 aromatic rings. The molecule has 10 atom stereocenters. The number of carbonyl (C=O) groups is 2. The van der Waals surface area contributed by atoms with Gasteiger partial charge in [0.25, 0.3) is 5.91 Å². The molecule has 3 aromatic carbocycles. The number of phenols is 1. The molecule has 1 fully saturated rings. The molecule has 17 nitrogen and oxygen atoms in total. The van der Waals surface area contributed by atoms with Gasteiger partial charge in [-0.25, -0.2) is 4.98 Å². The third-order valence-corrected chi connectivity index (χ3v) is 14.3. The molecular weight excluding hydrogens is 877 g/mol. The summed E-state index contributed by atoms with van der Waals surface area (Å²) in [6, 6.07) is 3.57. The minimum Gasteiger partial charge on any atom is -0.507 e. The van der Waals surface area contributed by atoms with Crippen molar-refractivity contribution in [3.63, 3.8) is 0 Å². The molecular formula is C51H64N4O13. The Hall–Kier alpha value is -6.01. The van der Waals surface area contributed by atoms with E-state index in [0.717, 1.165) is 19.5 Å². The van der Waals surface area contributed by atoms with Crippen molar-refractivity contribution < 1.29 is 53.4 Å². The van der Waals surface area contributed by atoms with Gasteiger partial charge in [-0.1, -0.05) is 52.8 Å². The Labute approximate surface area is 394 Å². The van der Waals surface area contributed by atoms with Crippen molar-refractivity contribution in [3.8, 4) is 11.5 Å². The van der Waals surface area contributed by atoms with Crippen LogP contribution in [0.3, 0.4) is 0 Å². The number of aromatic hydroxyl groups is 1. The van der Waals surface area contributed by atoms with Crippen LogP contribution < -0.4 is 31.0 Å². The van der Waals surface area contributed by atoms with Crippen LogP contribution in [0.15, 0.2) is 62.3 Å². The number of anilines is 2. The van der Waals surface area contributed by atoms with Crippen molar-refractivity contribution in [3.05, 3.63) is 79.5 Å². The summed E-state index contributed by atoms with van der Waals surface area (Å²) in [5, 5.41) is 49.3. The molecule has 5 N–H and O–H groups in total. The first kappa shape index (κ1) is 49.9. The van der Waals surface area contributed by atoms with Gasteiger partial charge in [0.2, 0.25) is 10.9 Å². The van der Waals surface area contributed by atoms with Gasteiger partial charge in [0.05, 0.1) is 35.2 Å². The maximum absolute atomic E-state index is 14.9. The fraction of sp³-hybridized carbons (Fsp3) is 0.510. The molecule has 1 aromatic heterocycles. The normalized spacial score (nSPS) is 29.9. The Balaban J connectivity index is 1.46. The van der Waals surface area contributed by atoms with Crippen LogP contribution in [-0.2, 0) is 23.8 Å². The average Bonchev–Trinajstić information content (AvgIpc) is 3.58. The van der Waals surface area contributed by atoms with E-state index in [-0.39, 0.29) is 60.8 Å². The maximum atomic E-state index is 14.9. The van der Waals surface area contributed by atoms with Gasteiger partial charge in [0, 0.05) is 111 Å². The fourth-order valence-corrected chi connectivity index (χ4v) is 9.74. The van der Waals surface area contributed by atoms with Gasteiger partial charge in [0.1, 0.15) is 28.8 Å². The predicted molar refractivity (Wildman–Crippen MR) is 259 cm³/mol. The Kier molecular flexibility index (Phi) is 14.3. The lowest BCUT2D eigenvalue weighted by Gasteiger charge is -2.38. The molecule has 3 aliphatic rings. The number of rotatable bonds is 5. The number of nitrogens with one attached hydrogen (secondary N) is 1. The molecule has 5 bridgehead atoms. The molecule has 68 heavy (non-hydrogen) atoms. The molecule has 1 saturated heterocycles. The first-order valence-electron chi connectivity index (χ1n) is 23.3. The van der Waals surface area contributed by atoms with Crippen molar-refractivity contribution in [2.45, 2.75) is 112 Å². The topological polar surface area (TPSA) is 231 Å². The summed E-state index contributed by atoms with van der Waals surface area (Å²) in [6.45, 7) is 19.8. The number of benzene rings is 3. The summed E-state index contributed by atoms with van der Waals surface area (Å²) >= 11 is 0. The quantitative estimate of drug-likeness (QED) is 0.0948. The zero-order valence-electron chi connectivity index (χ0n) is 40.6. The molecule has 366 valence electrons. The fourth-order valence-electron chi connectivity index (χ4n) is 9.74. The number of piperazine rings is 1. The summed E-state index contributed by atoms with van der Waals surface area (Å²) in [5.41, 5.74) is -1.35. The van der Waals surface area contributed by atoms with Crippen LogP contribution in [-0.4, -0.2) is 112 Å². The Morgan fingerprint density at radius 1 is 0.971 bits per heavy atom. The van der Waals surface area contributed by atoms with Gasteiger partial charge < -0.3 is 54.0 Å². The van der Waals surface area contributed by atoms with Gasteiger partial charge in [-0.05, 0) is 33.3 Å². The molecule has 1 amide bonds. The number of methoxy groups -OCH3 is 1. The molecule has 17 heteroatoms. The zero-order chi connectivity index (χ0) is 49.7. The van der Waals surface area contributed by atoms with Gasteiger partial charge in [-0.15, -0.1) is 0 Å². The minimum absolute atomic E-state index is 0.0388. The second kappa shape index (κ2) is 19.5. The van der Waals surface area contributed by atoms with E-state index in [0.29, 0.717) is 24.8 Å². The van der Waals surface area contributed by atoms with E-state index in [1.54, 1.807) is 45.9 Å². The maximum Gasteiger partial charge on any atom is 0.307 e. The number of allylic oxidation sites excluding steroid dienone is 2. The van der Waals surface area contributed by atoms with Crippen molar-refractivity contribution in [2.75, 3.05) is 43.5 Å². The lowest BCUT2D eigenvalue weighted by atomic mass is 9.78. The van der Waals surface area contributed by atoms with Crippen LogP contribution in [0.2, 0.25) is 0 Å². The first-order chi connectivity index (χ1) is 32.1. The van der Waals surface area contributed by atoms with Crippen LogP contribution in [0.4, 0.5) is 11.4 Å². The molecule has 0 radical (unpaired) electrons. The van der Waals surface area contributed by atoms with Crippen LogP contribution >= 0.6 is 0 Å². The number of aliphatic hydroxyl groups excluding tert-OH is 3. The molecule has 3 aliphatic heterocycles. The van der Waals surface area contributed by atoms with Crippen LogP contribution in [0, 0.1) is 30.6 Å². The predicted octanol–water partition coefficient (Wildman–Crippen LogP) is 5.48. The number of ether oxygens (including phenoxy) is 4. The van der Waals surface area contributed by atoms with Crippen LogP contribution in [0.5, 0.6) is 11.5 Å². The van der Waals surface area contributed by atoms with Crippen molar-refractivity contribution >= 4 is 62.0 Å². The average molecular weight is 941 g/mol. The van der Waals surface area contributed by atoms with E-state index >= 15 is 0 Å². The van der Waals surface area contributed by atoms with E-state index in [9.17, 15) is 39.6 Å². The number of hydrogen-bond donors (Lipinski definition) is 5. The number of esters is 1. The number of amides is 1. The summed E-state index contributed by atoms with van der Waals surface area (Å²) in [4.78, 5) is 64.7. The number of hydrogen-bond acceptors (Lipinski definition) is 16. The van der Waals surface area contributed by atoms with Crippen molar-refractivity contribution in [1.29, 1.82) is 0 Å². The molecule has 7 rings (SSSR count). The highest BCUT2D eigenvalue weighted by molar-refractivity contribution is 6.16. The number of carbonyl (C=O) groups excluding carboxylic acids is 2. The van der Waals surface area contributed by atoms with Gasteiger partial charge in [0.15, 0.2) is 22.4 Å². The second-order valence-corrected chi connectivity index (χ2v) is 18.8. The number of aliphatic hydroxyl groups is 3. The molecule has 0 spiro atoms. The highest BCUT2D eigenvalue weighted by Crippen LogP contribution is 2.42. The third-order valence-electron chi connectivity index (χ3n) is 14.3. The number of aromatic nitrogens is 1. The van der Waals surface area contributed by atoms with Crippen LogP contribution in [0.1, 0.15) is 74.3 Å². The number of fused-ring (bicyclic) bond motifs is 5. The van der Waals surface area contributed by atoms with Crippen LogP contribution in [0.25, 0.3) is 38.7 Å². The third kappa shape index (κ3) is 9.04. The van der Waals surface area contributed by atoms with Crippen molar-refractivity contribution in [1.82, 2.24) is 9.88 Å². The van der Waals surface area contributed by atoms with E-state index < -0.39 is 88.1 Å². The lowest BCUT2D eigenvalue weighted by molar-refractivity contribution is -0.160. The summed E-state index contributed by atoms with van der Waals surface area (Å²) in [5.74, 6) is -6.93. The smallest absolute Gasteiger partial charge is 0.307 e. The lowest BCUT2D eigenvalue weighted by Crippen LogP contribution is -2.49. The van der Waals surface area contributed by atoms with E-state index in [1.807, 2.05) is 0 Å². The molecule has 0 saturated carbocycles. The van der Waals surface area contributed by atoms with Crippen molar-refractivity contribution in [2.24, 2.45) is 23.7 Å². The van der Waals surface area contributed by atoms with E-state index in [2.05, 4.69) is 29.0 Å². The van der Waals surface area contributed by atoms with E-state index in [4.69, 9.17) is 28.3 Å². The summed E-state index contributed by atoms with van der Waals surface area (Å²) in [6.07, 6.45) is 4.58. The van der Waals surface area contributed by atoms with Gasteiger partial charge >= 0.3 is 11.8 Å². The summed E-state index contributed by atoms with van der Waals surface area (Å²) in [7, 11) is 1.45.